The summed E-state index contributed by atoms with van der Waals surface area (Å²) >= 11 is 0. The third kappa shape index (κ3) is 2.34. The lowest BCUT2D eigenvalue weighted by molar-refractivity contribution is -0.384. The van der Waals surface area contributed by atoms with Crippen molar-refractivity contribution in [2.24, 2.45) is 0 Å². The maximum atomic E-state index is 10.8. The van der Waals surface area contributed by atoms with Gasteiger partial charge in [0.25, 0.3) is 0 Å². The fourth-order valence-corrected chi connectivity index (χ4v) is 1.15. The number of anilines is 2. The zero-order valence-corrected chi connectivity index (χ0v) is 9.02. The summed E-state index contributed by atoms with van der Waals surface area (Å²) in [5.74, 6) is 1.00. The number of pyridine rings is 1. The summed E-state index contributed by atoms with van der Waals surface area (Å²) in [7, 11) is 3.50. The number of nitro groups is 1. The van der Waals surface area contributed by atoms with Crippen molar-refractivity contribution in [2.75, 3.05) is 30.9 Å². The molecule has 6 heteroatoms. The van der Waals surface area contributed by atoms with Crippen molar-refractivity contribution >= 4 is 17.3 Å². The molecular formula is C9H14N4O2. The van der Waals surface area contributed by atoms with Crippen LogP contribution in [0.25, 0.3) is 0 Å². The van der Waals surface area contributed by atoms with E-state index in [0.717, 1.165) is 0 Å². The molecule has 1 rings (SSSR count). The zero-order valence-electron chi connectivity index (χ0n) is 9.02. The van der Waals surface area contributed by atoms with Crippen molar-refractivity contribution in [1.82, 2.24) is 4.98 Å². The molecule has 0 amide bonds. The van der Waals surface area contributed by atoms with Crippen LogP contribution in [0.3, 0.4) is 0 Å². The molecule has 0 bridgehead atoms. The summed E-state index contributed by atoms with van der Waals surface area (Å²) in [6.07, 6.45) is 0. The van der Waals surface area contributed by atoms with E-state index in [9.17, 15) is 10.1 Å². The van der Waals surface area contributed by atoms with E-state index in [2.05, 4.69) is 10.3 Å². The standard InChI is InChI=1S/C9H14N4O2/c1-4-12(3)9-7(13(14)15)5-6-8(10-2)11-9/h5-6H,4H2,1-3H3,(H,10,11). The minimum atomic E-state index is -0.423. The van der Waals surface area contributed by atoms with Crippen LogP contribution in [-0.4, -0.2) is 30.5 Å². The average molecular weight is 210 g/mol. The largest absolute Gasteiger partial charge is 0.373 e. The van der Waals surface area contributed by atoms with Crippen molar-refractivity contribution in [3.63, 3.8) is 0 Å². The van der Waals surface area contributed by atoms with Gasteiger partial charge in [0, 0.05) is 26.7 Å². The molecule has 82 valence electrons. The van der Waals surface area contributed by atoms with Gasteiger partial charge < -0.3 is 10.2 Å². The first-order valence-corrected chi connectivity index (χ1v) is 4.64. The third-order valence-electron chi connectivity index (χ3n) is 2.14. The quantitative estimate of drug-likeness (QED) is 0.602. The van der Waals surface area contributed by atoms with Crippen molar-refractivity contribution in [3.8, 4) is 0 Å². The van der Waals surface area contributed by atoms with E-state index in [1.165, 1.54) is 6.07 Å². The van der Waals surface area contributed by atoms with Gasteiger partial charge in [-0.1, -0.05) is 0 Å². The van der Waals surface area contributed by atoms with Crippen LogP contribution in [0.15, 0.2) is 12.1 Å². The van der Waals surface area contributed by atoms with E-state index in [1.54, 1.807) is 25.1 Å². The number of aromatic nitrogens is 1. The molecule has 1 N–H and O–H groups in total. The van der Waals surface area contributed by atoms with Gasteiger partial charge in [-0.25, -0.2) is 4.98 Å². The normalized spacial score (nSPS) is 9.80. The molecule has 0 fully saturated rings. The molecule has 0 aromatic carbocycles. The van der Waals surface area contributed by atoms with Crippen molar-refractivity contribution in [2.45, 2.75) is 6.92 Å². The minimum Gasteiger partial charge on any atom is -0.373 e. The predicted molar refractivity (Wildman–Crippen MR) is 59.4 cm³/mol. The van der Waals surface area contributed by atoms with Crippen molar-refractivity contribution in [3.05, 3.63) is 22.2 Å². The van der Waals surface area contributed by atoms with Gasteiger partial charge in [0.15, 0.2) is 0 Å². The molecule has 0 radical (unpaired) electrons. The molecule has 0 aliphatic rings. The average Bonchev–Trinajstić information content (AvgIpc) is 2.26. The fraction of sp³-hybridized carbons (Fsp3) is 0.444. The Bertz CT molecular complexity index is 367. The van der Waals surface area contributed by atoms with Crippen molar-refractivity contribution in [1.29, 1.82) is 0 Å². The number of rotatable bonds is 4. The molecule has 0 spiro atoms. The van der Waals surface area contributed by atoms with E-state index in [1.807, 2.05) is 6.92 Å². The Hall–Kier alpha value is -1.85. The third-order valence-corrected chi connectivity index (χ3v) is 2.14. The predicted octanol–water partition coefficient (Wildman–Crippen LogP) is 1.49. The van der Waals surface area contributed by atoms with Crippen LogP contribution in [0.5, 0.6) is 0 Å². The summed E-state index contributed by atoms with van der Waals surface area (Å²) in [4.78, 5) is 16.2. The molecule has 0 unspecified atom stereocenters. The fourth-order valence-electron chi connectivity index (χ4n) is 1.15. The van der Waals surface area contributed by atoms with Gasteiger partial charge in [-0.2, -0.15) is 0 Å². The van der Waals surface area contributed by atoms with Gasteiger partial charge in [-0.15, -0.1) is 0 Å². The molecule has 15 heavy (non-hydrogen) atoms. The van der Waals surface area contributed by atoms with Gasteiger partial charge in [0.1, 0.15) is 5.82 Å². The highest BCUT2D eigenvalue weighted by Crippen LogP contribution is 2.26. The van der Waals surface area contributed by atoms with E-state index in [0.29, 0.717) is 18.2 Å². The lowest BCUT2D eigenvalue weighted by Crippen LogP contribution is -2.19. The molecule has 0 aliphatic heterocycles. The van der Waals surface area contributed by atoms with Crippen molar-refractivity contribution < 1.29 is 4.92 Å². The molecule has 1 heterocycles. The first-order valence-electron chi connectivity index (χ1n) is 4.64. The highest BCUT2D eigenvalue weighted by Gasteiger charge is 2.18. The Morgan fingerprint density at radius 2 is 2.27 bits per heavy atom. The summed E-state index contributed by atoms with van der Waals surface area (Å²) in [5.41, 5.74) is 0.0263. The number of hydrogen-bond donors (Lipinski definition) is 1. The zero-order chi connectivity index (χ0) is 11.4. The topological polar surface area (TPSA) is 71.3 Å². The number of hydrogen-bond acceptors (Lipinski definition) is 5. The van der Waals surface area contributed by atoms with Gasteiger partial charge >= 0.3 is 5.69 Å². The Morgan fingerprint density at radius 3 is 2.73 bits per heavy atom. The molecule has 6 nitrogen and oxygen atoms in total. The maximum Gasteiger partial charge on any atom is 0.311 e. The van der Waals surface area contributed by atoms with Gasteiger partial charge in [0.05, 0.1) is 4.92 Å². The van der Waals surface area contributed by atoms with Crippen LogP contribution in [-0.2, 0) is 0 Å². The maximum absolute atomic E-state index is 10.8. The molecule has 0 atom stereocenters. The Kier molecular flexibility index (Phi) is 3.43. The minimum absolute atomic E-state index is 0.0263. The molecular weight excluding hydrogens is 196 g/mol. The highest BCUT2D eigenvalue weighted by atomic mass is 16.6. The first kappa shape index (κ1) is 11.2. The molecule has 1 aromatic heterocycles. The van der Waals surface area contributed by atoms with E-state index < -0.39 is 4.92 Å². The second kappa shape index (κ2) is 4.59. The molecule has 0 saturated heterocycles. The Labute approximate surface area is 88.1 Å². The summed E-state index contributed by atoms with van der Waals surface area (Å²) in [5, 5.41) is 13.6. The number of nitrogens with zero attached hydrogens (tertiary/aromatic N) is 3. The monoisotopic (exact) mass is 210 g/mol. The summed E-state index contributed by atoms with van der Waals surface area (Å²) in [6.45, 7) is 2.58. The SMILES string of the molecule is CCN(C)c1nc(NC)ccc1[N+](=O)[O-]. The second-order valence-electron chi connectivity index (χ2n) is 3.06. The van der Waals surface area contributed by atoms with Crippen LogP contribution in [0.4, 0.5) is 17.3 Å². The van der Waals surface area contributed by atoms with Crippen LogP contribution < -0.4 is 10.2 Å². The molecule has 0 aliphatic carbocycles. The smallest absolute Gasteiger partial charge is 0.311 e. The van der Waals surface area contributed by atoms with Gasteiger partial charge in [-0.3, -0.25) is 10.1 Å². The van der Waals surface area contributed by atoms with Gasteiger partial charge in [0.2, 0.25) is 5.82 Å². The van der Waals surface area contributed by atoms with E-state index in [4.69, 9.17) is 0 Å². The Morgan fingerprint density at radius 1 is 1.60 bits per heavy atom. The first-order chi connectivity index (χ1) is 7.10. The van der Waals surface area contributed by atoms with Crippen LogP contribution in [0.2, 0.25) is 0 Å². The lowest BCUT2D eigenvalue weighted by atomic mass is 10.3. The highest BCUT2D eigenvalue weighted by molar-refractivity contribution is 5.61. The molecule has 1 aromatic rings. The number of nitrogens with one attached hydrogen (secondary N) is 1. The van der Waals surface area contributed by atoms with E-state index in [-0.39, 0.29) is 5.69 Å². The lowest BCUT2D eigenvalue weighted by Gasteiger charge is -2.15. The van der Waals surface area contributed by atoms with Crippen LogP contribution in [0.1, 0.15) is 6.92 Å². The summed E-state index contributed by atoms with van der Waals surface area (Å²) in [6, 6.07) is 3.05. The Balaban J connectivity index is 3.22. The summed E-state index contributed by atoms with van der Waals surface area (Å²) < 4.78 is 0. The molecule has 0 saturated carbocycles. The van der Waals surface area contributed by atoms with Gasteiger partial charge in [-0.05, 0) is 13.0 Å². The van der Waals surface area contributed by atoms with Crippen LogP contribution in [0, 0.1) is 10.1 Å². The van der Waals surface area contributed by atoms with E-state index >= 15 is 0 Å². The van der Waals surface area contributed by atoms with Crippen LogP contribution >= 0.6 is 0 Å². The second-order valence-corrected chi connectivity index (χ2v) is 3.06.